The van der Waals surface area contributed by atoms with Crippen LogP contribution in [-0.2, 0) is 0 Å². The first-order valence-corrected chi connectivity index (χ1v) is 3.97. The highest BCUT2D eigenvalue weighted by atomic mass is 14.8. The van der Waals surface area contributed by atoms with E-state index in [4.69, 9.17) is 0 Å². The smallest absolute Gasteiger partial charge is 0.137 e. The number of rotatable bonds is 1. The molecule has 0 aliphatic heterocycles. The number of aromatic amines is 1. The molecule has 0 aromatic carbocycles. The summed E-state index contributed by atoms with van der Waals surface area (Å²) >= 11 is 0. The van der Waals surface area contributed by atoms with E-state index in [1.54, 1.807) is 0 Å². The van der Waals surface area contributed by atoms with Gasteiger partial charge in [-0.2, -0.15) is 0 Å². The fourth-order valence-electron chi connectivity index (χ4n) is 1.21. The van der Waals surface area contributed by atoms with Gasteiger partial charge in [-0.25, -0.2) is 4.98 Å². The zero-order valence-electron chi connectivity index (χ0n) is 6.91. The van der Waals surface area contributed by atoms with Gasteiger partial charge in [-0.1, -0.05) is 6.08 Å². The first kappa shape index (κ1) is 7.10. The van der Waals surface area contributed by atoms with Crippen LogP contribution in [0.15, 0.2) is 30.5 Å². The highest BCUT2D eigenvalue weighted by Crippen LogP contribution is 2.10. The standard InChI is InChI=1S/C10H10N2/c1-2-3-9-5-4-8-6-7-11-10(8)12-9/h2-7H,1H3,(H,11,12)/b3-2+. The molecule has 2 aromatic rings. The number of aromatic nitrogens is 2. The number of fused-ring (bicyclic) bond motifs is 1. The summed E-state index contributed by atoms with van der Waals surface area (Å²) in [7, 11) is 0. The molecule has 0 bridgehead atoms. The van der Waals surface area contributed by atoms with Crippen molar-refractivity contribution in [3.63, 3.8) is 0 Å². The maximum atomic E-state index is 4.38. The molecule has 0 unspecified atom stereocenters. The van der Waals surface area contributed by atoms with Crippen molar-refractivity contribution in [1.29, 1.82) is 0 Å². The molecule has 0 aliphatic carbocycles. The SMILES string of the molecule is C/C=C/c1ccc2cc[nH]c2n1. The molecule has 2 heteroatoms. The molecule has 0 fully saturated rings. The molecule has 60 valence electrons. The van der Waals surface area contributed by atoms with Gasteiger partial charge in [0.1, 0.15) is 5.65 Å². The molecular weight excluding hydrogens is 148 g/mol. The average Bonchev–Trinajstić information content (AvgIpc) is 2.51. The summed E-state index contributed by atoms with van der Waals surface area (Å²) in [5.74, 6) is 0. The van der Waals surface area contributed by atoms with Crippen LogP contribution in [-0.4, -0.2) is 9.97 Å². The van der Waals surface area contributed by atoms with Gasteiger partial charge in [0.2, 0.25) is 0 Å². The van der Waals surface area contributed by atoms with Crippen molar-refractivity contribution in [2.45, 2.75) is 6.92 Å². The van der Waals surface area contributed by atoms with Crippen molar-refractivity contribution in [3.05, 3.63) is 36.2 Å². The maximum Gasteiger partial charge on any atom is 0.137 e. The Kier molecular flexibility index (Phi) is 1.67. The van der Waals surface area contributed by atoms with Gasteiger partial charge in [0, 0.05) is 11.6 Å². The summed E-state index contributed by atoms with van der Waals surface area (Å²) in [6.07, 6.45) is 5.87. The Bertz CT molecular complexity index is 412. The average molecular weight is 158 g/mol. The van der Waals surface area contributed by atoms with Crippen LogP contribution in [0.1, 0.15) is 12.6 Å². The third kappa shape index (κ3) is 1.11. The zero-order chi connectivity index (χ0) is 8.39. The highest BCUT2D eigenvalue weighted by Gasteiger charge is 1.94. The molecule has 2 heterocycles. The van der Waals surface area contributed by atoms with Crippen LogP contribution in [0, 0.1) is 0 Å². The number of allylic oxidation sites excluding steroid dienone is 1. The lowest BCUT2D eigenvalue weighted by Crippen LogP contribution is -1.80. The van der Waals surface area contributed by atoms with E-state index >= 15 is 0 Å². The Morgan fingerprint density at radius 3 is 3.08 bits per heavy atom. The lowest BCUT2D eigenvalue weighted by Gasteiger charge is -1.91. The van der Waals surface area contributed by atoms with Crippen molar-refractivity contribution in [2.24, 2.45) is 0 Å². The highest BCUT2D eigenvalue weighted by molar-refractivity contribution is 5.76. The predicted octanol–water partition coefficient (Wildman–Crippen LogP) is 2.60. The first-order chi connectivity index (χ1) is 5.90. The largest absolute Gasteiger partial charge is 0.346 e. The summed E-state index contributed by atoms with van der Waals surface area (Å²) in [6, 6.07) is 6.09. The Morgan fingerprint density at radius 1 is 1.33 bits per heavy atom. The molecule has 12 heavy (non-hydrogen) atoms. The second-order valence-corrected chi connectivity index (χ2v) is 2.65. The van der Waals surface area contributed by atoms with E-state index in [1.807, 2.05) is 37.4 Å². The second kappa shape index (κ2) is 2.81. The van der Waals surface area contributed by atoms with Crippen molar-refractivity contribution in [1.82, 2.24) is 9.97 Å². The molecule has 0 saturated heterocycles. The topological polar surface area (TPSA) is 28.7 Å². The zero-order valence-corrected chi connectivity index (χ0v) is 6.91. The molecule has 1 N–H and O–H groups in total. The van der Waals surface area contributed by atoms with Crippen LogP contribution in [0.25, 0.3) is 17.1 Å². The Labute approximate surface area is 70.9 Å². The summed E-state index contributed by atoms with van der Waals surface area (Å²) in [5.41, 5.74) is 1.94. The molecule has 0 radical (unpaired) electrons. The number of nitrogens with zero attached hydrogens (tertiary/aromatic N) is 1. The molecule has 0 spiro atoms. The molecule has 2 rings (SSSR count). The van der Waals surface area contributed by atoms with Gasteiger partial charge in [0.05, 0.1) is 5.69 Å². The second-order valence-electron chi connectivity index (χ2n) is 2.65. The third-order valence-electron chi connectivity index (χ3n) is 1.77. The van der Waals surface area contributed by atoms with E-state index in [1.165, 1.54) is 0 Å². The van der Waals surface area contributed by atoms with Gasteiger partial charge >= 0.3 is 0 Å². The van der Waals surface area contributed by atoms with Crippen LogP contribution in [0.4, 0.5) is 0 Å². The first-order valence-electron chi connectivity index (χ1n) is 3.97. The minimum absolute atomic E-state index is 0.950. The molecule has 0 saturated carbocycles. The van der Waals surface area contributed by atoms with E-state index < -0.39 is 0 Å². The predicted molar refractivity (Wildman–Crippen MR) is 50.8 cm³/mol. The minimum atomic E-state index is 0.950. The fraction of sp³-hybridized carbons (Fsp3) is 0.100. The van der Waals surface area contributed by atoms with Gasteiger partial charge in [-0.05, 0) is 31.2 Å². The lowest BCUT2D eigenvalue weighted by molar-refractivity contribution is 1.30. The Balaban J connectivity index is 2.60. The van der Waals surface area contributed by atoms with Crippen molar-refractivity contribution in [2.75, 3.05) is 0 Å². The number of nitrogens with one attached hydrogen (secondary N) is 1. The quantitative estimate of drug-likeness (QED) is 0.679. The van der Waals surface area contributed by atoms with Crippen LogP contribution in [0.3, 0.4) is 0 Å². The molecule has 2 aromatic heterocycles. The van der Waals surface area contributed by atoms with Crippen LogP contribution in [0.2, 0.25) is 0 Å². The van der Waals surface area contributed by atoms with Crippen molar-refractivity contribution in [3.8, 4) is 0 Å². The van der Waals surface area contributed by atoms with Gasteiger partial charge in [0.15, 0.2) is 0 Å². The summed E-state index contributed by atoms with van der Waals surface area (Å²) in [6.45, 7) is 1.99. The fourth-order valence-corrected chi connectivity index (χ4v) is 1.21. The molecule has 0 aliphatic rings. The van der Waals surface area contributed by atoms with Gasteiger partial charge in [0.25, 0.3) is 0 Å². The van der Waals surface area contributed by atoms with Crippen LogP contribution >= 0.6 is 0 Å². The number of hydrogen-bond donors (Lipinski definition) is 1. The van der Waals surface area contributed by atoms with Crippen molar-refractivity contribution >= 4 is 17.1 Å². The molecule has 0 atom stereocenters. The van der Waals surface area contributed by atoms with E-state index in [0.717, 1.165) is 16.7 Å². The number of pyridine rings is 1. The summed E-state index contributed by atoms with van der Waals surface area (Å²) in [5, 5.41) is 1.16. The summed E-state index contributed by atoms with van der Waals surface area (Å²) < 4.78 is 0. The molecular formula is C10H10N2. The van der Waals surface area contributed by atoms with Crippen molar-refractivity contribution < 1.29 is 0 Å². The Hall–Kier alpha value is -1.57. The van der Waals surface area contributed by atoms with Gasteiger partial charge < -0.3 is 4.98 Å². The minimum Gasteiger partial charge on any atom is -0.346 e. The Morgan fingerprint density at radius 2 is 2.25 bits per heavy atom. The van der Waals surface area contributed by atoms with Gasteiger partial charge in [-0.15, -0.1) is 0 Å². The van der Waals surface area contributed by atoms with Crippen LogP contribution < -0.4 is 0 Å². The molecule has 2 nitrogen and oxygen atoms in total. The van der Waals surface area contributed by atoms with E-state index in [9.17, 15) is 0 Å². The van der Waals surface area contributed by atoms with E-state index in [0.29, 0.717) is 0 Å². The number of H-pyrrole nitrogens is 1. The lowest BCUT2D eigenvalue weighted by atomic mass is 10.3. The number of hydrogen-bond acceptors (Lipinski definition) is 1. The van der Waals surface area contributed by atoms with Crippen LogP contribution in [0.5, 0.6) is 0 Å². The maximum absolute atomic E-state index is 4.38. The summed E-state index contributed by atoms with van der Waals surface area (Å²) in [4.78, 5) is 7.46. The van der Waals surface area contributed by atoms with E-state index in [2.05, 4.69) is 16.0 Å². The van der Waals surface area contributed by atoms with Gasteiger partial charge in [-0.3, -0.25) is 0 Å². The monoisotopic (exact) mass is 158 g/mol. The third-order valence-corrected chi connectivity index (χ3v) is 1.77. The van der Waals surface area contributed by atoms with E-state index in [-0.39, 0.29) is 0 Å². The normalized spacial score (nSPS) is 11.4. The molecule has 0 amide bonds.